The Morgan fingerprint density at radius 1 is 1.47 bits per heavy atom. The van der Waals surface area contributed by atoms with Gasteiger partial charge in [0.05, 0.1) is 6.04 Å². The predicted molar refractivity (Wildman–Crippen MR) is 69.2 cm³/mol. The highest BCUT2D eigenvalue weighted by Gasteiger charge is 2.25. The van der Waals surface area contributed by atoms with Crippen LogP contribution < -0.4 is 11.3 Å². The molecule has 0 amide bonds. The lowest BCUT2D eigenvalue weighted by Gasteiger charge is -2.28. The first kappa shape index (κ1) is 11.5. The lowest BCUT2D eigenvalue weighted by atomic mass is 10.1. The van der Waals surface area contributed by atoms with Gasteiger partial charge in [-0.1, -0.05) is 6.42 Å². The van der Waals surface area contributed by atoms with Crippen molar-refractivity contribution in [1.29, 1.82) is 0 Å². The van der Waals surface area contributed by atoms with Gasteiger partial charge in [0.1, 0.15) is 0 Å². The van der Waals surface area contributed by atoms with Crippen LogP contribution in [-0.2, 0) is 0 Å². The molecular weight excluding hydrogens is 224 g/mol. The number of thioether (sulfide) groups is 1. The Balaban J connectivity index is 2.08. The van der Waals surface area contributed by atoms with Gasteiger partial charge in [-0.2, -0.15) is 11.8 Å². The molecule has 1 aromatic rings. The first-order valence-corrected chi connectivity index (χ1v) is 7.32. The van der Waals surface area contributed by atoms with Crippen molar-refractivity contribution in [2.24, 2.45) is 5.84 Å². The van der Waals surface area contributed by atoms with Crippen molar-refractivity contribution >= 4 is 23.1 Å². The van der Waals surface area contributed by atoms with E-state index in [1.54, 1.807) is 0 Å². The van der Waals surface area contributed by atoms with Gasteiger partial charge in [-0.3, -0.25) is 11.3 Å². The largest absolute Gasteiger partial charge is 0.271 e. The molecule has 2 nitrogen and oxygen atoms in total. The van der Waals surface area contributed by atoms with E-state index in [4.69, 9.17) is 5.84 Å². The molecule has 1 aromatic heterocycles. The summed E-state index contributed by atoms with van der Waals surface area (Å²) in [5.41, 5.74) is 2.99. The molecule has 0 spiro atoms. The number of rotatable bonds is 3. The highest BCUT2D eigenvalue weighted by Crippen LogP contribution is 2.36. The summed E-state index contributed by atoms with van der Waals surface area (Å²) in [4.78, 5) is 2.75. The predicted octanol–water partition coefficient (Wildman–Crippen LogP) is 2.85. The van der Waals surface area contributed by atoms with Gasteiger partial charge in [0.15, 0.2) is 0 Å². The summed E-state index contributed by atoms with van der Waals surface area (Å²) in [5.74, 6) is 6.97. The number of thiophene rings is 1. The first-order valence-electron chi connectivity index (χ1n) is 5.45. The van der Waals surface area contributed by atoms with E-state index in [-0.39, 0.29) is 0 Å². The number of nitrogens with two attached hydrogens (primary N) is 1. The second-order valence-electron chi connectivity index (χ2n) is 4.00. The van der Waals surface area contributed by atoms with Crippen LogP contribution in [0, 0.1) is 6.92 Å². The van der Waals surface area contributed by atoms with Crippen molar-refractivity contribution in [2.75, 3.05) is 5.75 Å². The lowest BCUT2D eigenvalue weighted by Crippen LogP contribution is -2.35. The molecule has 1 fully saturated rings. The fourth-order valence-corrected chi connectivity index (χ4v) is 4.54. The molecule has 3 N–H and O–H groups in total. The van der Waals surface area contributed by atoms with Gasteiger partial charge in [0, 0.05) is 15.0 Å². The summed E-state index contributed by atoms with van der Waals surface area (Å²) >= 11 is 3.92. The zero-order chi connectivity index (χ0) is 10.7. The van der Waals surface area contributed by atoms with Crippen molar-refractivity contribution in [1.82, 2.24) is 5.43 Å². The molecule has 0 aliphatic carbocycles. The van der Waals surface area contributed by atoms with Crippen molar-refractivity contribution in [2.45, 2.75) is 37.5 Å². The molecule has 0 aromatic carbocycles. The molecule has 1 saturated heterocycles. The number of aryl methyl sites for hydroxylation is 1. The zero-order valence-corrected chi connectivity index (χ0v) is 10.7. The normalized spacial score (nSPS) is 24.0. The van der Waals surface area contributed by atoms with Gasteiger partial charge < -0.3 is 0 Å². The maximum Gasteiger partial charge on any atom is 0.0671 e. The first-order chi connectivity index (χ1) is 7.31. The summed E-state index contributed by atoms with van der Waals surface area (Å²) in [6.45, 7) is 2.15. The minimum absolute atomic E-state index is 0.342. The van der Waals surface area contributed by atoms with E-state index in [1.807, 2.05) is 11.3 Å². The third kappa shape index (κ3) is 2.75. The van der Waals surface area contributed by atoms with Crippen molar-refractivity contribution in [3.05, 3.63) is 21.9 Å². The highest BCUT2D eigenvalue weighted by atomic mass is 32.2. The fourth-order valence-electron chi connectivity index (χ4n) is 2.02. The average molecular weight is 242 g/mol. The van der Waals surface area contributed by atoms with Crippen molar-refractivity contribution < 1.29 is 0 Å². The molecule has 15 heavy (non-hydrogen) atoms. The van der Waals surface area contributed by atoms with Crippen LogP contribution in [-0.4, -0.2) is 11.0 Å². The van der Waals surface area contributed by atoms with Crippen LogP contribution >= 0.6 is 23.1 Å². The highest BCUT2D eigenvalue weighted by molar-refractivity contribution is 8.00. The molecule has 1 aliphatic heterocycles. The molecule has 1 aliphatic rings. The minimum atomic E-state index is 0.342. The summed E-state index contributed by atoms with van der Waals surface area (Å²) in [5, 5.41) is 0.654. The summed E-state index contributed by atoms with van der Waals surface area (Å²) in [6, 6.07) is 4.73. The molecule has 84 valence electrons. The van der Waals surface area contributed by atoms with Crippen LogP contribution in [0.5, 0.6) is 0 Å². The molecule has 0 bridgehead atoms. The second-order valence-corrected chi connectivity index (χ2v) is 6.66. The van der Waals surface area contributed by atoms with Crippen LogP contribution in [0.1, 0.15) is 35.1 Å². The van der Waals surface area contributed by atoms with E-state index in [0.29, 0.717) is 11.3 Å². The lowest BCUT2D eigenvalue weighted by molar-refractivity contribution is 0.498. The van der Waals surface area contributed by atoms with E-state index < -0.39 is 0 Å². The average Bonchev–Trinajstić information content (AvgIpc) is 2.68. The number of hydrogen-bond acceptors (Lipinski definition) is 4. The maximum absolute atomic E-state index is 5.69. The van der Waals surface area contributed by atoms with E-state index in [1.165, 1.54) is 34.8 Å². The molecule has 2 atom stereocenters. The standard InChI is InChI=1S/C11H18N2S2/c1-8-5-6-10(15-8)11(13-12)9-4-2-3-7-14-9/h5-6,9,11,13H,2-4,7,12H2,1H3. The molecule has 0 radical (unpaired) electrons. The van der Waals surface area contributed by atoms with Crippen LogP contribution in [0.15, 0.2) is 12.1 Å². The van der Waals surface area contributed by atoms with E-state index in [0.717, 1.165) is 0 Å². The van der Waals surface area contributed by atoms with Gasteiger partial charge >= 0.3 is 0 Å². The second kappa shape index (κ2) is 5.34. The Hall–Kier alpha value is -0.0300. The quantitative estimate of drug-likeness (QED) is 0.632. The van der Waals surface area contributed by atoms with Gasteiger partial charge in [0.2, 0.25) is 0 Å². The van der Waals surface area contributed by atoms with Gasteiger partial charge in [-0.25, -0.2) is 0 Å². The van der Waals surface area contributed by atoms with Crippen molar-refractivity contribution in [3.63, 3.8) is 0 Å². The minimum Gasteiger partial charge on any atom is -0.271 e. The zero-order valence-electron chi connectivity index (χ0n) is 9.03. The summed E-state index contributed by atoms with van der Waals surface area (Å²) < 4.78 is 0. The number of hydrogen-bond donors (Lipinski definition) is 2. The molecule has 2 heterocycles. The number of hydrazine groups is 1. The summed E-state index contributed by atoms with van der Waals surface area (Å²) in [6.07, 6.45) is 4.00. The molecular formula is C11H18N2S2. The Labute approximate surface area is 99.6 Å². The fraction of sp³-hybridized carbons (Fsp3) is 0.636. The van der Waals surface area contributed by atoms with Crippen LogP contribution in [0.4, 0.5) is 0 Å². The van der Waals surface area contributed by atoms with Gasteiger partial charge in [-0.05, 0) is 37.7 Å². The Morgan fingerprint density at radius 3 is 2.87 bits per heavy atom. The Bertz CT molecular complexity index is 305. The van der Waals surface area contributed by atoms with E-state index in [9.17, 15) is 0 Å². The maximum atomic E-state index is 5.69. The van der Waals surface area contributed by atoms with E-state index >= 15 is 0 Å². The smallest absolute Gasteiger partial charge is 0.0671 e. The topological polar surface area (TPSA) is 38.0 Å². The SMILES string of the molecule is Cc1ccc(C(NN)C2CCCCS2)s1. The molecule has 2 rings (SSSR count). The molecule has 2 unspecified atom stereocenters. The van der Waals surface area contributed by atoms with Crippen LogP contribution in [0.25, 0.3) is 0 Å². The molecule has 0 saturated carbocycles. The van der Waals surface area contributed by atoms with E-state index in [2.05, 4.69) is 36.2 Å². The van der Waals surface area contributed by atoms with Gasteiger partial charge in [0.25, 0.3) is 0 Å². The monoisotopic (exact) mass is 242 g/mol. The van der Waals surface area contributed by atoms with Gasteiger partial charge in [-0.15, -0.1) is 11.3 Å². The molecule has 4 heteroatoms. The van der Waals surface area contributed by atoms with Crippen molar-refractivity contribution in [3.8, 4) is 0 Å². The summed E-state index contributed by atoms with van der Waals surface area (Å²) in [7, 11) is 0. The number of nitrogens with one attached hydrogen (secondary N) is 1. The third-order valence-electron chi connectivity index (χ3n) is 2.83. The Kier molecular flexibility index (Phi) is 4.08. The van der Waals surface area contributed by atoms with Crippen LogP contribution in [0.2, 0.25) is 0 Å². The Morgan fingerprint density at radius 2 is 2.33 bits per heavy atom. The third-order valence-corrected chi connectivity index (χ3v) is 5.38. The van der Waals surface area contributed by atoms with Crippen LogP contribution in [0.3, 0.4) is 0 Å².